The van der Waals surface area contributed by atoms with Crippen LogP contribution >= 0.6 is 15.9 Å². The van der Waals surface area contributed by atoms with Crippen LogP contribution in [0.5, 0.6) is 0 Å². The Hall–Kier alpha value is -2.03. The van der Waals surface area contributed by atoms with Crippen LogP contribution < -0.4 is 4.72 Å². The van der Waals surface area contributed by atoms with Crippen molar-refractivity contribution in [3.05, 3.63) is 64.1 Å². The second kappa shape index (κ2) is 9.85. The number of nitrogens with one attached hydrogen (secondary N) is 1. The van der Waals surface area contributed by atoms with E-state index in [2.05, 4.69) is 20.7 Å². The van der Waals surface area contributed by atoms with Crippen LogP contribution in [0.3, 0.4) is 0 Å². The molecule has 0 atom stereocenters. The molecular formula is C22H25BrN2O4S. The van der Waals surface area contributed by atoms with Gasteiger partial charge in [-0.3, -0.25) is 9.59 Å². The number of ketones is 1. The van der Waals surface area contributed by atoms with E-state index >= 15 is 0 Å². The lowest BCUT2D eigenvalue weighted by Crippen LogP contribution is -2.41. The van der Waals surface area contributed by atoms with E-state index in [4.69, 9.17) is 0 Å². The van der Waals surface area contributed by atoms with Gasteiger partial charge >= 0.3 is 0 Å². The Morgan fingerprint density at radius 1 is 1.03 bits per heavy atom. The Morgan fingerprint density at radius 3 is 2.23 bits per heavy atom. The summed E-state index contributed by atoms with van der Waals surface area (Å²) in [6.07, 6.45) is 1.35. The molecule has 1 amide bonds. The normalized spacial score (nSPS) is 15.2. The van der Waals surface area contributed by atoms with Crippen molar-refractivity contribution < 1.29 is 18.0 Å². The van der Waals surface area contributed by atoms with E-state index in [1.807, 2.05) is 31.2 Å². The van der Waals surface area contributed by atoms with Crippen molar-refractivity contribution in [2.45, 2.75) is 31.1 Å². The molecule has 1 saturated heterocycles. The lowest BCUT2D eigenvalue weighted by Gasteiger charge is -2.31. The minimum Gasteiger partial charge on any atom is -0.343 e. The molecule has 0 aromatic heterocycles. The zero-order chi connectivity index (χ0) is 21.7. The van der Waals surface area contributed by atoms with Crippen LogP contribution in [0.25, 0.3) is 0 Å². The fourth-order valence-electron chi connectivity index (χ4n) is 3.49. The third kappa shape index (κ3) is 5.77. The van der Waals surface area contributed by atoms with Crippen molar-refractivity contribution in [3.8, 4) is 0 Å². The predicted molar refractivity (Wildman–Crippen MR) is 119 cm³/mol. The average Bonchev–Trinajstić information content (AvgIpc) is 2.74. The highest BCUT2D eigenvalue weighted by atomic mass is 79.9. The van der Waals surface area contributed by atoms with Crippen LogP contribution in [-0.4, -0.2) is 44.6 Å². The summed E-state index contributed by atoms with van der Waals surface area (Å²) in [5.41, 5.74) is 1.83. The molecule has 0 bridgehead atoms. The molecule has 30 heavy (non-hydrogen) atoms. The van der Waals surface area contributed by atoms with Gasteiger partial charge in [-0.1, -0.05) is 45.8 Å². The quantitative estimate of drug-likeness (QED) is 0.599. The standard InChI is InChI=1S/C22H25BrN2O4S/c1-16-2-4-17(5-3-16)22(27)18-11-14-25(15-12-18)21(26)10-13-24-30(28,29)20-8-6-19(23)7-9-20/h2-9,18,24H,10-15H2,1H3. The van der Waals surface area contributed by atoms with E-state index in [-0.39, 0.29) is 35.5 Å². The number of rotatable bonds is 7. The minimum atomic E-state index is -3.64. The molecule has 0 aliphatic carbocycles. The molecule has 160 valence electrons. The van der Waals surface area contributed by atoms with Gasteiger partial charge in [-0.05, 0) is 44.0 Å². The first-order chi connectivity index (χ1) is 14.3. The van der Waals surface area contributed by atoms with Crippen LogP contribution in [0.4, 0.5) is 0 Å². The van der Waals surface area contributed by atoms with E-state index in [1.54, 1.807) is 17.0 Å². The summed E-state index contributed by atoms with van der Waals surface area (Å²) in [6, 6.07) is 13.9. The molecule has 1 heterocycles. The molecule has 2 aromatic carbocycles. The molecule has 1 aliphatic rings. The highest BCUT2D eigenvalue weighted by Crippen LogP contribution is 2.22. The van der Waals surface area contributed by atoms with Crippen LogP contribution in [-0.2, 0) is 14.8 Å². The summed E-state index contributed by atoms with van der Waals surface area (Å²) in [5.74, 6) is -0.0493. The van der Waals surface area contributed by atoms with Gasteiger partial charge in [-0.2, -0.15) is 0 Å². The lowest BCUT2D eigenvalue weighted by molar-refractivity contribution is -0.132. The number of carbonyl (C=O) groups is 2. The minimum absolute atomic E-state index is 0.0411. The van der Waals surface area contributed by atoms with Crippen LogP contribution in [0, 0.1) is 12.8 Å². The number of benzene rings is 2. The van der Waals surface area contributed by atoms with Gasteiger partial charge in [-0.25, -0.2) is 13.1 Å². The number of likely N-dealkylation sites (tertiary alicyclic amines) is 1. The van der Waals surface area contributed by atoms with E-state index < -0.39 is 10.0 Å². The van der Waals surface area contributed by atoms with Crippen molar-refractivity contribution in [1.82, 2.24) is 9.62 Å². The zero-order valence-electron chi connectivity index (χ0n) is 16.8. The van der Waals surface area contributed by atoms with Crippen molar-refractivity contribution in [2.75, 3.05) is 19.6 Å². The summed E-state index contributed by atoms with van der Waals surface area (Å²) in [6.45, 7) is 3.05. The number of sulfonamides is 1. The fourth-order valence-corrected chi connectivity index (χ4v) is 4.79. The summed E-state index contributed by atoms with van der Waals surface area (Å²) < 4.78 is 27.8. The number of piperidine rings is 1. The fraction of sp³-hybridized carbons (Fsp3) is 0.364. The smallest absolute Gasteiger partial charge is 0.240 e. The van der Waals surface area contributed by atoms with Crippen molar-refractivity contribution in [3.63, 3.8) is 0 Å². The third-order valence-corrected chi connectivity index (χ3v) is 7.32. The van der Waals surface area contributed by atoms with Gasteiger partial charge in [0.2, 0.25) is 15.9 Å². The highest BCUT2D eigenvalue weighted by Gasteiger charge is 2.28. The SMILES string of the molecule is Cc1ccc(C(=O)C2CCN(C(=O)CCNS(=O)(=O)c3ccc(Br)cc3)CC2)cc1. The average molecular weight is 493 g/mol. The monoisotopic (exact) mass is 492 g/mol. The first-order valence-corrected chi connectivity index (χ1v) is 12.2. The maximum absolute atomic E-state index is 12.6. The number of Topliss-reactive ketones (excluding diaryl/α,β-unsaturated/α-hetero) is 1. The number of hydrogen-bond acceptors (Lipinski definition) is 4. The maximum Gasteiger partial charge on any atom is 0.240 e. The summed E-state index contributed by atoms with van der Waals surface area (Å²) in [4.78, 5) is 27.0. The number of carbonyl (C=O) groups excluding carboxylic acids is 2. The number of aryl methyl sites for hydroxylation is 1. The summed E-state index contributed by atoms with van der Waals surface area (Å²) in [7, 11) is -3.64. The topological polar surface area (TPSA) is 83.6 Å². The number of hydrogen-bond donors (Lipinski definition) is 1. The maximum atomic E-state index is 12.6. The van der Waals surface area contributed by atoms with Gasteiger partial charge in [-0.15, -0.1) is 0 Å². The second-order valence-electron chi connectivity index (χ2n) is 7.49. The van der Waals surface area contributed by atoms with Crippen LogP contribution in [0.15, 0.2) is 57.9 Å². The van der Waals surface area contributed by atoms with Gasteiger partial charge in [0, 0.05) is 42.0 Å². The summed E-state index contributed by atoms with van der Waals surface area (Å²) in [5, 5.41) is 0. The molecule has 1 aliphatic heterocycles. The van der Waals surface area contributed by atoms with Gasteiger partial charge in [0.05, 0.1) is 4.90 Å². The van der Waals surface area contributed by atoms with E-state index in [0.29, 0.717) is 31.5 Å². The van der Waals surface area contributed by atoms with Gasteiger partial charge in [0.25, 0.3) is 0 Å². The van der Waals surface area contributed by atoms with Crippen LogP contribution in [0.1, 0.15) is 35.2 Å². The largest absolute Gasteiger partial charge is 0.343 e. The molecule has 0 saturated carbocycles. The van der Waals surface area contributed by atoms with E-state index in [9.17, 15) is 18.0 Å². The first-order valence-electron chi connectivity index (χ1n) is 9.90. The molecule has 1 fully saturated rings. The third-order valence-electron chi connectivity index (χ3n) is 5.31. The van der Waals surface area contributed by atoms with Crippen LogP contribution in [0.2, 0.25) is 0 Å². The molecule has 1 N–H and O–H groups in total. The Balaban J connectivity index is 1.45. The zero-order valence-corrected chi connectivity index (χ0v) is 19.2. The van der Waals surface area contributed by atoms with E-state index in [1.165, 1.54) is 12.1 Å². The van der Waals surface area contributed by atoms with Gasteiger partial charge < -0.3 is 4.90 Å². The predicted octanol–water partition coefficient (Wildman–Crippen LogP) is 3.55. The Morgan fingerprint density at radius 2 is 1.63 bits per heavy atom. The summed E-state index contributed by atoms with van der Waals surface area (Å²) >= 11 is 3.27. The molecule has 0 radical (unpaired) electrons. The molecule has 0 unspecified atom stereocenters. The van der Waals surface area contributed by atoms with Gasteiger partial charge in [0.15, 0.2) is 5.78 Å². The lowest BCUT2D eigenvalue weighted by atomic mass is 9.88. The number of nitrogens with zero attached hydrogens (tertiary/aromatic N) is 1. The molecule has 3 rings (SSSR count). The second-order valence-corrected chi connectivity index (χ2v) is 10.2. The Labute approximate surface area is 185 Å². The molecule has 6 nitrogen and oxygen atoms in total. The molecule has 2 aromatic rings. The Kier molecular flexibility index (Phi) is 7.44. The van der Waals surface area contributed by atoms with Crippen molar-refractivity contribution >= 4 is 37.6 Å². The number of amides is 1. The molecule has 0 spiro atoms. The van der Waals surface area contributed by atoms with Crippen molar-refractivity contribution in [2.24, 2.45) is 5.92 Å². The molecular weight excluding hydrogens is 468 g/mol. The Bertz CT molecular complexity index is 996. The van der Waals surface area contributed by atoms with Gasteiger partial charge in [0.1, 0.15) is 0 Å². The first kappa shape index (κ1) is 22.7. The van der Waals surface area contributed by atoms with E-state index in [0.717, 1.165) is 10.0 Å². The highest BCUT2D eigenvalue weighted by molar-refractivity contribution is 9.10. The molecule has 8 heteroatoms. The van der Waals surface area contributed by atoms with Crippen molar-refractivity contribution in [1.29, 1.82) is 0 Å². The number of halogens is 1.